The quantitative estimate of drug-likeness (QED) is 0.124. The smallest absolute Gasteiger partial charge is 0.338 e. The van der Waals surface area contributed by atoms with Crippen LogP contribution in [-0.2, 0) is 40.9 Å². The molecule has 17 heteroatoms. The molecule has 1 fully saturated rings. The lowest BCUT2D eigenvalue weighted by molar-refractivity contribution is -0.671. The van der Waals surface area contributed by atoms with Gasteiger partial charge < -0.3 is 20.4 Å². The third-order valence-electron chi connectivity index (χ3n) is 4.18. The van der Waals surface area contributed by atoms with Gasteiger partial charge in [0, 0.05) is 31.1 Å². The lowest BCUT2D eigenvalue weighted by Crippen LogP contribution is -2.37. The largest absolute Gasteiger partial charge is 0.472 e. The van der Waals surface area contributed by atoms with Gasteiger partial charge in [0.2, 0.25) is 6.33 Å². The van der Waals surface area contributed by atoms with Crippen LogP contribution in [0.15, 0.2) is 18.7 Å². The highest BCUT2D eigenvalue weighted by Crippen LogP contribution is 2.49. The molecule has 184 valence electrons. The van der Waals surface area contributed by atoms with Crippen molar-refractivity contribution in [1.29, 1.82) is 0 Å². The van der Waals surface area contributed by atoms with E-state index in [4.69, 9.17) is 13.6 Å². The number of rotatable bonds is 13. The fraction of sp³-hybridized carbons (Fsp3) is 0.733. The summed E-state index contributed by atoms with van der Waals surface area (Å²) >= 11 is 0. The van der Waals surface area contributed by atoms with Crippen molar-refractivity contribution in [2.75, 3.05) is 38.4 Å². The molecule has 0 spiro atoms. The molecule has 4 unspecified atom stereocenters. The average Bonchev–Trinajstić information content (AvgIpc) is 3.16. The first-order valence-electron chi connectivity index (χ1n) is 9.56. The van der Waals surface area contributed by atoms with E-state index in [1.165, 1.54) is 21.6 Å². The van der Waals surface area contributed by atoms with Crippen molar-refractivity contribution in [2.24, 2.45) is 13.0 Å². The van der Waals surface area contributed by atoms with Crippen LogP contribution in [0.25, 0.3) is 0 Å². The van der Waals surface area contributed by atoms with E-state index in [2.05, 4.69) is 15.2 Å². The number of imidazole rings is 1. The van der Waals surface area contributed by atoms with Gasteiger partial charge in [0.05, 0.1) is 26.4 Å². The molecule has 1 aromatic rings. The summed E-state index contributed by atoms with van der Waals surface area (Å²) in [5.41, 5.74) is 0. The highest BCUT2D eigenvalue weighted by Gasteiger charge is 2.35. The summed E-state index contributed by atoms with van der Waals surface area (Å²) in [5.74, 6) is 0.507. The Morgan fingerprint density at radius 2 is 1.97 bits per heavy atom. The monoisotopic (exact) mass is 535 g/mol. The van der Waals surface area contributed by atoms with Crippen molar-refractivity contribution in [3.8, 4) is 0 Å². The number of aryl methyl sites for hydroxylation is 1. The van der Waals surface area contributed by atoms with Crippen LogP contribution >= 0.6 is 37.2 Å². The van der Waals surface area contributed by atoms with Crippen LogP contribution in [0.2, 0.25) is 0 Å². The molecule has 0 radical (unpaired) electrons. The predicted octanol–water partition coefficient (Wildman–Crippen LogP) is 1.24. The minimum atomic E-state index is -4.33. The summed E-state index contributed by atoms with van der Waals surface area (Å²) < 4.78 is 46.9. The van der Waals surface area contributed by atoms with E-state index in [1.807, 2.05) is 30.3 Å². The Morgan fingerprint density at radius 1 is 1.22 bits per heavy atom. The highest BCUT2D eigenvalue weighted by molar-refractivity contribution is 8.76. The third-order valence-corrected chi connectivity index (χ3v) is 8.68. The first kappa shape index (κ1) is 27.6. The number of hydrogen-bond acceptors (Lipinski definition) is 9. The van der Waals surface area contributed by atoms with E-state index in [1.54, 1.807) is 4.57 Å². The SMILES string of the molecule is COP(=O)(O)OC1CSSCC1COP(=O)(O)OCCCNC(=O)NCn1cc[n+](C)c1. The molecule has 1 aromatic heterocycles. The molecule has 0 aromatic carbocycles. The first-order valence-corrected chi connectivity index (χ1v) is 15.0. The number of carbonyl (C=O) groups excluding carboxylic acids is 1. The summed E-state index contributed by atoms with van der Waals surface area (Å²) in [6.45, 7) is 0.252. The van der Waals surface area contributed by atoms with Crippen LogP contribution in [-0.4, -0.2) is 64.9 Å². The lowest BCUT2D eigenvalue weighted by atomic mass is 10.1. The zero-order chi connectivity index (χ0) is 23.6. The minimum absolute atomic E-state index is 0.105. The first-order chi connectivity index (χ1) is 15.1. The van der Waals surface area contributed by atoms with Crippen LogP contribution in [0, 0.1) is 5.92 Å². The van der Waals surface area contributed by atoms with Gasteiger partial charge >= 0.3 is 21.7 Å². The normalized spacial score (nSPS) is 22.6. The van der Waals surface area contributed by atoms with Crippen molar-refractivity contribution in [1.82, 2.24) is 15.2 Å². The van der Waals surface area contributed by atoms with Gasteiger partial charge in [0.15, 0.2) is 6.67 Å². The van der Waals surface area contributed by atoms with E-state index in [9.17, 15) is 23.7 Å². The third kappa shape index (κ3) is 10.6. The van der Waals surface area contributed by atoms with Crippen LogP contribution in [0.1, 0.15) is 6.42 Å². The summed E-state index contributed by atoms with van der Waals surface area (Å²) in [6, 6.07) is -0.374. The van der Waals surface area contributed by atoms with E-state index in [-0.39, 0.29) is 25.8 Å². The second-order valence-corrected chi connectivity index (χ2v) is 12.3. The number of phosphoric acid groups is 2. The average molecular weight is 535 g/mol. The number of nitrogens with zero attached hydrogens (tertiary/aromatic N) is 2. The Morgan fingerprint density at radius 3 is 2.66 bits per heavy atom. The Labute approximate surface area is 194 Å². The number of hydrogen-bond donors (Lipinski definition) is 4. The lowest BCUT2D eigenvalue weighted by Gasteiger charge is -2.31. The topological polar surface area (TPSA) is 161 Å². The number of carbonyl (C=O) groups is 1. The van der Waals surface area contributed by atoms with Crippen molar-refractivity contribution in [3.05, 3.63) is 18.7 Å². The number of urea groups is 1. The Bertz CT molecular complexity index is 831. The second kappa shape index (κ2) is 13.3. The maximum absolute atomic E-state index is 12.1. The molecule has 2 rings (SSSR count). The highest BCUT2D eigenvalue weighted by atomic mass is 33.1. The maximum Gasteiger partial charge on any atom is 0.472 e. The molecule has 1 saturated heterocycles. The van der Waals surface area contributed by atoms with Crippen molar-refractivity contribution >= 4 is 43.3 Å². The molecule has 2 heterocycles. The van der Waals surface area contributed by atoms with Gasteiger partial charge in [-0.1, -0.05) is 21.6 Å². The number of nitrogens with one attached hydrogen (secondary N) is 2. The minimum Gasteiger partial charge on any atom is -0.338 e. The predicted molar refractivity (Wildman–Crippen MR) is 119 cm³/mol. The molecule has 0 bridgehead atoms. The van der Waals surface area contributed by atoms with E-state index < -0.39 is 27.7 Å². The Hall–Kier alpha value is -0.600. The molecule has 2 amide bonds. The standard InChI is InChI=1S/C15H28N4O9P2S2/c1-18-5-6-19(12-18)11-17-15(20)16-4-3-7-26-30(23,24)27-8-13-9-31-32-10-14(13)28-29(21,22)25-2/h5-6,12-14H,3-4,7-11H2,1-2H3,(H3-,16,17,20,21,22,23,24)/p+1. The van der Waals surface area contributed by atoms with Crippen molar-refractivity contribution in [3.63, 3.8) is 0 Å². The Kier molecular flexibility index (Phi) is 11.5. The van der Waals surface area contributed by atoms with Gasteiger partial charge in [0.1, 0.15) is 12.4 Å². The second-order valence-electron chi connectivity index (χ2n) is 6.76. The molecule has 32 heavy (non-hydrogen) atoms. The van der Waals surface area contributed by atoms with E-state index in [0.29, 0.717) is 24.6 Å². The zero-order valence-electron chi connectivity index (χ0n) is 17.7. The number of amides is 2. The molecular weight excluding hydrogens is 506 g/mol. The number of aromatic nitrogens is 2. The van der Waals surface area contributed by atoms with Crippen molar-refractivity contribution < 1.29 is 46.4 Å². The van der Waals surface area contributed by atoms with E-state index in [0.717, 1.165) is 7.11 Å². The van der Waals surface area contributed by atoms with Gasteiger partial charge in [-0.2, -0.15) is 0 Å². The molecule has 1 aliphatic rings. The molecule has 4 N–H and O–H groups in total. The van der Waals surface area contributed by atoms with Crippen LogP contribution in [0.3, 0.4) is 0 Å². The van der Waals surface area contributed by atoms with Gasteiger partial charge in [-0.05, 0) is 6.42 Å². The van der Waals surface area contributed by atoms with Crippen LogP contribution in [0.4, 0.5) is 4.79 Å². The van der Waals surface area contributed by atoms with E-state index >= 15 is 0 Å². The van der Waals surface area contributed by atoms with Crippen molar-refractivity contribution in [2.45, 2.75) is 19.2 Å². The molecule has 13 nitrogen and oxygen atoms in total. The van der Waals surface area contributed by atoms with Gasteiger partial charge in [0.25, 0.3) is 0 Å². The van der Waals surface area contributed by atoms with Crippen LogP contribution in [0.5, 0.6) is 0 Å². The zero-order valence-corrected chi connectivity index (χ0v) is 21.1. The maximum atomic E-state index is 12.1. The van der Waals surface area contributed by atoms with Crippen LogP contribution < -0.4 is 15.2 Å². The summed E-state index contributed by atoms with van der Waals surface area (Å²) in [4.78, 5) is 31.1. The summed E-state index contributed by atoms with van der Waals surface area (Å²) in [6.07, 6.45) is 5.09. The molecule has 1 aliphatic heterocycles. The fourth-order valence-electron chi connectivity index (χ4n) is 2.48. The van der Waals surface area contributed by atoms with Gasteiger partial charge in [-0.15, -0.1) is 0 Å². The molecule has 4 atom stereocenters. The van der Waals surface area contributed by atoms with Gasteiger partial charge in [-0.3, -0.25) is 18.1 Å². The van der Waals surface area contributed by atoms with Gasteiger partial charge in [-0.25, -0.2) is 23.1 Å². The fourth-order valence-corrected chi connectivity index (χ4v) is 6.73. The number of phosphoric ester groups is 2. The molecule has 0 saturated carbocycles. The summed E-state index contributed by atoms with van der Waals surface area (Å²) in [7, 11) is -2.61. The summed E-state index contributed by atoms with van der Waals surface area (Å²) in [5, 5.41) is 5.28. The molecular formula is C15H29N4O9P2S2+. The molecule has 0 aliphatic carbocycles. The Balaban J connectivity index is 1.62.